The number of hydrogen-bond acceptors (Lipinski definition) is 2. The lowest BCUT2D eigenvalue weighted by Crippen LogP contribution is -2.10. The molecule has 2 nitrogen and oxygen atoms in total. The Balaban J connectivity index is 2.28. The van der Waals surface area contributed by atoms with Gasteiger partial charge in [-0.15, -0.1) is 0 Å². The van der Waals surface area contributed by atoms with Gasteiger partial charge in [-0.25, -0.2) is 0 Å². The van der Waals surface area contributed by atoms with Crippen LogP contribution in [0, 0.1) is 0 Å². The fourth-order valence-electron chi connectivity index (χ4n) is 2.09. The van der Waals surface area contributed by atoms with Crippen LogP contribution in [0.15, 0.2) is 46.9 Å². The van der Waals surface area contributed by atoms with Crippen LogP contribution in [0.1, 0.15) is 44.9 Å². The van der Waals surface area contributed by atoms with Crippen molar-refractivity contribution >= 4 is 15.9 Å². The van der Waals surface area contributed by atoms with Crippen LogP contribution in [-0.4, -0.2) is 5.11 Å². The van der Waals surface area contributed by atoms with Gasteiger partial charge in [0.1, 0.15) is 11.5 Å². The molecule has 112 valence electrons. The number of rotatable bonds is 3. The zero-order valence-corrected chi connectivity index (χ0v) is 14.4. The first-order valence-electron chi connectivity index (χ1n) is 7.03. The first kappa shape index (κ1) is 16.1. The Morgan fingerprint density at radius 3 is 2.19 bits per heavy atom. The van der Waals surface area contributed by atoms with Crippen LogP contribution in [0.5, 0.6) is 11.5 Å². The van der Waals surface area contributed by atoms with Crippen LogP contribution in [0.4, 0.5) is 0 Å². The minimum atomic E-state index is -0.568. The van der Waals surface area contributed by atoms with Gasteiger partial charge < -0.3 is 9.84 Å². The summed E-state index contributed by atoms with van der Waals surface area (Å²) in [5.74, 6) is 1.44. The largest absolute Gasteiger partial charge is 0.457 e. The lowest BCUT2D eigenvalue weighted by molar-refractivity contribution is 0.195. The molecule has 0 spiro atoms. The molecule has 0 fully saturated rings. The summed E-state index contributed by atoms with van der Waals surface area (Å²) in [6.45, 7) is 8.28. The van der Waals surface area contributed by atoms with Gasteiger partial charge in [-0.1, -0.05) is 54.9 Å². The molecule has 0 aliphatic heterocycles. The lowest BCUT2D eigenvalue weighted by atomic mass is 9.87. The van der Waals surface area contributed by atoms with Gasteiger partial charge in [0.2, 0.25) is 0 Å². The van der Waals surface area contributed by atoms with Crippen molar-refractivity contribution in [1.29, 1.82) is 0 Å². The van der Waals surface area contributed by atoms with Crippen molar-refractivity contribution in [1.82, 2.24) is 0 Å². The first-order valence-corrected chi connectivity index (χ1v) is 7.82. The Bertz CT molecular complexity index is 610. The van der Waals surface area contributed by atoms with Crippen LogP contribution in [0.3, 0.4) is 0 Å². The summed E-state index contributed by atoms with van der Waals surface area (Å²) in [4.78, 5) is 0. The van der Waals surface area contributed by atoms with Crippen LogP contribution in [-0.2, 0) is 5.41 Å². The normalized spacial score (nSPS) is 13.0. The third-order valence-electron chi connectivity index (χ3n) is 3.37. The lowest BCUT2D eigenvalue weighted by Gasteiger charge is -2.19. The molecule has 0 saturated heterocycles. The summed E-state index contributed by atoms with van der Waals surface area (Å²) in [5.41, 5.74) is 2.16. The van der Waals surface area contributed by atoms with E-state index in [2.05, 4.69) is 48.8 Å². The van der Waals surface area contributed by atoms with Crippen molar-refractivity contribution in [2.75, 3.05) is 0 Å². The molecule has 0 amide bonds. The highest BCUT2D eigenvalue weighted by Crippen LogP contribution is 2.33. The zero-order chi connectivity index (χ0) is 15.6. The number of aliphatic hydroxyl groups is 1. The van der Waals surface area contributed by atoms with E-state index in [1.165, 1.54) is 5.56 Å². The molecule has 0 aromatic heterocycles. The molecular formula is C18H21BrO2. The molecule has 0 saturated carbocycles. The number of benzene rings is 2. The molecule has 0 aliphatic carbocycles. The number of hydrogen-bond donors (Lipinski definition) is 1. The first-order chi connectivity index (χ1) is 9.77. The highest BCUT2D eigenvalue weighted by atomic mass is 79.9. The monoisotopic (exact) mass is 348 g/mol. The minimum Gasteiger partial charge on any atom is -0.457 e. The standard InChI is InChI=1S/C18H21BrO2/c1-12(20)16-10-7-14(19)11-17(16)21-15-8-5-13(6-9-15)18(2,3)4/h5-12,20H,1-4H3. The van der Waals surface area contributed by atoms with E-state index in [4.69, 9.17) is 4.74 Å². The molecule has 21 heavy (non-hydrogen) atoms. The van der Waals surface area contributed by atoms with Gasteiger partial charge >= 0.3 is 0 Å². The molecule has 0 radical (unpaired) electrons. The average molecular weight is 349 g/mol. The fourth-order valence-corrected chi connectivity index (χ4v) is 2.43. The fraction of sp³-hybridized carbons (Fsp3) is 0.333. The van der Waals surface area contributed by atoms with E-state index in [-0.39, 0.29) is 5.41 Å². The van der Waals surface area contributed by atoms with Gasteiger partial charge in [-0.05, 0) is 42.2 Å². The molecule has 2 aromatic carbocycles. The zero-order valence-electron chi connectivity index (χ0n) is 12.9. The van der Waals surface area contributed by atoms with Gasteiger partial charge in [-0.2, -0.15) is 0 Å². The maximum absolute atomic E-state index is 9.83. The molecule has 1 N–H and O–H groups in total. The SMILES string of the molecule is CC(O)c1ccc(Br)cc1Oc1ccc(C(C)(C)C)cc1. The van der Waals surface area contributed by atoms with Gasteiger partial charge in [0.15, 0.2) is 0 Å². The Morgan fingerprint density at radius 1 is 1.05 bits per heavy atom. The Kier molecular flexibility index (Phi) is 4.74. The van der Waals surface area contributed by atoms with Crippen molar-refractivity contribution < 1.29 is 9.84 Å². The topological polar surface area (TPSA) is 29.5 Å². The molecule has 2 aromatic rings. The average Bonchev–Trinajstić information content (AvgIpc) is 2.38. The van der Waals surface area contributed by atoms with Crippen LogP contribution < -0.4 is 4.74 Å². The third kappa shape index (κ3) is 4.08. The van der Waals surface area contributed by atoms with Gasteiger partial charge in [-0.3, -0.25) is 0 Å². The predicted molar refractivity (Wildman–Crippen MR) is 90.0 cm³/mol. The quantitative estimate of drug-likeness (QED) is 0.782. The molecule has 0 heterocycles. The Morgan fingerprint density at radius 2 is 1.67 bits per heavy atom. The van der Waals surface area contributed by atoms with E-state index >= 15 is 0 Å². The van der Waals surface area contributed by atoms with E-state index in [1.807, 2.05) is 30.3 Å². The maximum atomic E-state index is 9.83. The second-order valence-corrected chi connectivity index (χ2v) is 7.15. The highest BCUT2D eigenvalue weighted by Gasteiger charge is 2.14. The van der Waals surface area contributed by atoms with Crippen LogP contribution in [0.25, 0.3) is 0 Å². The van der Waals surface area contributed by atoms with Crippen molar-refractivity contribution in [3.05, 3.63) is 58.1 Å². The van der Waals surface area contributed by atoms with E-state index in [0.29, 0.717) is 5.75 Å². The Labute approximate surface area is 134 Å². The second-order valence-electron chi connectivity index (χ2n) is 6.23. The molecular weight excluding hydrogens is 328 g/mol. The number of halogens is 1. The van der Waals surface area contributed by atoms with E-state index < -0.39 is 6.10 Å². The van der Waals surface area contributed by atoms with Crippen molar-refractivity contribution in [2.45, 2.75) is 39.2 Å². The van der Waals surface area contributed by atoms with E-state index in [9.17, 15) is 5.11 Å². The predicted octanol–water partition coefficient (Wildman–Crippen LogP) is 5.59. The summed E-state index contributed by atoms with van der Waals surface area (Å²) < 4.78 is 6.85. The molecule has 2 rings (SSSR count). The highest BCUT2D eigenvalue weighted by molar-refractivity contribution is 9.10. The molecule has 0 bridgehead atoms. The summed E-state index contributed by atoms with van der Waals surface area (Å²) >= 11 is 3.43. The van der Waals surface area contributed by atoms with Gasteiger partial charge in [0.25, 0.3) is 0 Å². The maximum Gasteiger partial charge on any atom is 0.134 e. The van der Waals surface area contributed by atoms with E-state index in [0.717, 1.165) is 15.8 Å². The van der Waals surface area contributed by atoms with E-state index in [1.54, 1.807) is 6.92 Å². The van der Waals surface area contributed by atoms with Crippen molar-refractivity contribution in [3.63, 3.8) is 0 Å². The van der Waals surface area contributed by atoms with Gasteiger partial charge in [0, 0.05) is 10.0 Å². The molecule has 1 unspecified atom stereocenters. The minimum absolute atomic E-state index is 0.124. The number of aliphatic hydroxyl groups excluding tert-OH is 1. The summed E-state index contributed by atoms with van der Waals surface area (Å²) in [5, 5.41) is 9.83. The van der Waals surface area contributed by atoms with Crippen molar-refractivity contribution in [3.8, 4) is 11.5 Å². The number of ether oxygens (including phenoxy) is 1. The summed E-state index contributed by atoms with van der Waals surface area (Å²) in [7, 11) is 0. The van der Waals surface area contributed by atoms with Crippen LogP contribution in [0.2, 0.25) is 0 Å². The second kappa shape index (κ2) is 6.20. The molecule has 1 atom stereocenters. The smallest absolute Gasteiger partial charge is 0.134 e. The molecule has 3 heteroatoms. The molecule has 0 aliphatic rings. The van der Waals surface area contributed by atoms with Crippen LogP contribution >= 0.6 is 15.9 Å². The summed E-state index contributed by atoms with van der Waals surface area (Å²) in [6.07, 6.45) is -0.568. The Hall–Kier alpha value is -1.32. The third-order valence-corrected chi connectivity index (χ3v) is 3.87. The van der Waals surface area contributed by atoms with Gasteiger partial charge in [0.05, 0.1) is 6.10 Å². The van der Waals surface area contributed by atoms with Crippen molar-refractivity contribution in [2.24, 2.45) is 0 Å². The summed E-state index contributed by atoms with van der Waals surface area (Å²) in [6, 6.07) is 13.7.